The van der Waals surface area contributed by atoms with Crippen LogP contribution >= 0.6 is 0 Å². The van der Waals surface area contributed by atoms with Crippen LogP contribution in [0.1, 0.15) is 16.9 Å². The summed E-state index contributed by atoms with van der Waals surface area (Å²) in [4.78, 5) is 24.3. The molecule has 0 radical (unpaired) electrons. The van der Waals surface area contributed by atoms with Crippen LogP contribution in [0, 0.1) is 0 Å². The fourth-order valence-corrected chi connectivity index (χ4v) is 1.63. The molecule has 18 heavy (non-hydrogen) atoms. The molecule has 6 heteroatoms. The molecule has 0 aliphatic rings. The van der Waals surface area contributed by atoms with Crippen molar-refractivity contribution in [2.75, 3.05) is 27.3 Å². The molecule has 0 atom stereocenters. The minimum absolute atomic E-state index is 0.183. The van der Waals surface area contributed by atoms with Gasteiger partial charge in [0.25, 0.3) is 5.91 Å². The van der Waals surface area contributed by atoms with Crippen LogP contribution in [0.3, 0.4) is 0 Å². The Morgan fingerprint density at radius 1 is 1.50 bits per heavy atom. The van der Waals surface area contributed by atoms with Gasteiger partial charge in [0.1, 0.15) is 12.2 Å². The van der Waals surface area contributed by atoms with Crippen LogP contribution < -0.4 is 0 Å². The first-order chi connectivity index (χ1) is 8.56. The van der Waals surface area contributed by atoms with Crippen molar-refractivity contribution < 1.29 is 19.4 Å². The first kappa shape index (κ1) is 14.2. The zero-order valence-corrected chi connectivity index (χ0v) is 10.6. The molecule has 1 amide bonds. The zero-order chi connectivity index (χ0) is 13.5. The van der Waals surface area contributed by atoms with Crippen molar-refractivity contribution in [2.45, 2.75) is 13.0 Å². The number of carbonyl (C=O) groups excluding carboxylic acids is 1. The van der Waals surface area contributed by atoms with Crippen LogP contribution in [0.2, 0.25) is 0 Å². The maximum absolute atomic E-state index is 12.1. The van der Waals surface area contributed by atoms with Gasteiger partial charge in [-0.25, -0.2) is 0 Å². The second kappa shape index (κ2) is 6.80. The molecule has 0 aliphatic heterocycles. The quantitative estimate of drug-likeness (QED) is 0.726. The minimum Gasteiger partial charge on any atom is -0.480 e. The Morgan fingerprint density at radius 2 is 2.22 bits per heavy atom. The summed E-state index contributed by atoms with van der Waals surface area (Å²) in [5, 5.41) is 8.74. The lowest BCUT2D eigenvalue weighted by atomic mass is 10.3. The van der Waals surface area contributed by atoms with Crippen molar-refractivity contribution in [3.8, 4) is 0 Å². The van der Waals surface area contributed by atoms with Gasteiger partial charge in [-0.3, -0.25) is 9.59 Å². The standard InChI is InChI=1S/C12H18N2O4/c1-13(6-4-8-18-2)12(17)10-5-3-7-14(10)9-11(15)16/h3,5,7H,4,6,8-9H2,1-2H3,(H,15,16). The second-order valence-electron chi connectivity index (χ2n) is 3.99. The summed E-state index contributed by atoms with van der Waals surface area (Å²) in [7, 11) is 3.30. The Bertz CT molecular complexity index is 414. The Hall–Kier alpha value is -1.82. The van der Waals surface area contributed by atoms with Crippen LogP contribution in [-0.2, 0) is 16.1 Å². The highest BCUT2D eigenvalue weighted by atomic mass is 16.5. The highest BCUT2D eigenvalue weighted by Crippen LogP contribution is 2.06. The molecule has 6 nitrogen and oxygen atoms in total. The van der Waals surface area contributed by atoms with E-state index in [1.807, 2.05) is 0 Å². The molecule has 0 saturated carbocycles. The number of carboxylic acid groups (broad SMARTS) is 1. The molecular weight excluding hydrogens is 236 g/mol. The van der Waals surface area contributed by atoms with Crippen LogP contribution in [0.4, 0.5) is 0 Å². The van der Waals surface area contributed by atoms with E-state index in [4.69, 9.17) is 9.84 Å². The van der Waals surface area contributed by atoms with E-state index in [1.54, 1.807) is 37.4 Å². The van der Waals surface area contributed by atoms with E-state index in [0.29, 0.717) is 18.8 Å². The molecule has 0 saturated heterocycles. The number of nitrogens with zero attached hydrogens (tertiary/aromatic N) is 2. The molecule has 1 rings (SSSR count). The monoisotopic (exact) mass is 254 g/mol. The molecule has 0 fully saturated rings. The van der Waals surface area contributed by atoms with Gasteiger partial charge in [0.2, 0.25) is 0 Å². The molecule has 0 bridgehead atoms. The first-order valence-electron chi connectivity index (χ1n) is 5.67. The fourth-order valence-electron chi connectivity index (χ4n) is 1.63. The number of carbonyl (C=O) groups is 2. The summed E-state index contributed by atoms with van der Waals surface area (Å²) >= 11 is 0. The van der Waals surface area contributed by atoms with Crippen molar-refractivity contribution >= 4 is 11.9 Å². The third-order valence-electron chi connectivity index (χ3n) is 2.54. The molecule has 1 heterocycles. The van der Waals surface area contributed by atoms with Crippen molar-refractivity contribution in [3.63, 3.8) is 0 Å². The van der Waals surface area contributed by atoms with Crippen LogP contribution in [0.15, 0.2) is 18.3 Å². The van der Waals surface area contributed by atoms with Crippen molar-refractivity contribution in [1.82, 2.24) is 9.47 Å². The zero-order valence-electron chi connectivity index (χ0n) is 10.6. The van der Waals surface area contributed by atoms with Crippen LogP contribution in [0.5, 0.6) is 0 Å². The van der Waals surface area contributed by atoms with E-state index in [-0.39, 0.29) is 12.5 Å². The molecule has 1 aromatic heterocycles. The maximum Gasteiger partial charge on any atom is 0.323 e. The highest BCUT2D eigenvalue weighted by molar-refractivity contribution is 5.93. The maximum atomic E-state index is 12.1. The summed E-state index contributed by atoms with van der Waals surface area (Å²) in [6.07, 6.45) is 2.34. The molecule has 0 aliphatic carbocycles. The van der Waals surface area contributed by atoms with Gasteiger partial charge in [-0.05, 0) is 18.6 Å². The summed E-state index contributed by atoms with van der Waals surface area (Å²) in [6, 6.07) is 3.29. The van der Waals surface area contributed by atoms with E-state index in [9.17, 15) is 9.59 Å². The summed E-state index contributed by atoms with van der Waals surface area (Å²) in [6.45, 7) is 0.957. The smallest absolute Gasteiger partial charge is 0.323 e. The van der Waals surface area contributed by atoms with Gasteiger partial charge in [0.05, 0.1) is 0 Å². The van der Waals surface area contributed by atoms with E-state index in [1.165, 1.54) is 4.57 Å². The average Bonchev–Trinajstić information content (AvgIpc) is 2.75. The number of carboxylic acids is 1. The van der Waals surface area contributed by atoms with Crippen LogP contribution in [0.25, 0.3) is 0 Å². The lowest BCUT2D eigenvalue weighted by Crippen LogP contribution is -2.30. The first-order valence-corrected chi connectivity index (χ1v) is 5.67. The van der Waals surface area contributed by atoms with Gasteiger partial charge in [0, 0.05) is 33.5 Å². The molecule has 1 N–H and O–H groups in total. The number of hydrogen-bond acceptors (Lipinski definition) is 3. The van der Waals surface area contributed by atoms with Gasteiger partial charge in [-0.2, -0.15) is 0 Å². The molecular formula is C12H18N2O4. The Balaban J connectivity index is 2.65. The Kier molecular flexibility index (Phi) is 5.38. The average molecular weight is 254 g/mol. The number of aliphatic carboxylic acids is 1. The number of methoxy groups -OCH3 is 1. The molecule has 0 aromatic carbocycles. The van der Waals surface area contributed by atoms with Crippen molar-refractivity contribution in [2.24, 2.45) is 0 Å². The SMILES string of the molecule is COCCCN(C)C(=O)c1cccn1CC(=O)O. The lowest BCUT2D eigenvalue weighted by molar-refractivity contribution is -0.137. The third-order valence-corrected chi connectivity index (χ3v) is 2.54. The normalized spacial score (nSPS) is 10.3. The van der Waals surface area contributed by atoms with Gasteiger partial charge >= 0.3 is 5.97 Å². The highest BCUT2D eigenvalue weighted by Gasteiger charge is 2.16. The van der Waals surface area contributed by atoms with E-state index >= 15 is 0 Å². The topological polar surface area (TPSA) is 71.8 Å². The van der Waals surface area contributed by atoms with Gasteiger partial charge < -0.3 is 19.3 Å². The van der Waals surface area contributed by atoms with E-state index in [2.05, 4.69) is 0 Å². The van der Waals surface area contributed by atoms with Crippen LogP contribution in [-0.4, -0.2) is 53.8 Å². The number of amides is 1. The minimum atomic E-state index is -0.970. The van der Waals surface area contributed by atoms with Gasteiger partial charge in [-0.15, -0.1) is 0 Å². The number of rotatable bonds is 7. The molecule has 0 unspecified atom stereocenters. The largest absolute Gasteiger partial charge is 0.480 e. The Labute approximate surface area is 106 Å². The predicted octanol–water partition coefficient (Wildman–Crippen LogP) is 0.681. The molecule has 100 valence electrons. The van der Waals surface area contributed by atoms with Gasteiger partial charge in [-0.1, -0.05) is 0 Å². The molecule has 1 aromatic rings. The summed E-state index contributed by atoms with van der Waals surface area (Å²) < 4.78 is 6.35. The van der Waals surface area contributed by atoms with Crippen molar-refractivity contribution in [3.05, 3.63) is 24.0 Å². The fraction of sp³-hybridized carbons (Fsp3) is 0.500. The Morgan fingerprint density at radius 3 is 2.83 bits per heavy atom. The van der Waals surface area contributed by atoms with E-state index < -0.39 is 5.97 Å². The number of hydrogen-bond donors (Lipinski definition) is 1. The number of aromatic nitrogens is 1. The van der Waals surface area contributed by atoms with E-state index in [0.717, 1.165) is 6.42 Å². The molecule has 0 spiro atoms. The summed E-state index contributed by atoms with van der Waals surface area (Å²) in [5.74, 6) is -1.15. The predicted molar refractivity (Wildman–Crippen MR) is 65.5 cm³/mol. The second-order valence-corrected chi connectivity index (χ2v) is 3.99. The lowest BCUT2D eigenvalue weighted by Gasteiger charge is -2.17. The summed E-state index contributed by atoms with van der Waals surface area (Å²) in [5.41, 5.74) is 0.386. The van der Waals surface area contributed by atoms with Gasteiger partial charge in [0.15, 0.2) is 0 Å². The third kappa shape index (κ3) is 3.89. The number of ether oxygens (including phenoxy) is 1. The van der Waals surface area contributed by atoms with Crippen molar-refractivity contribution in [1.29, 1.82) is 0 Å².